The van der Waals surface area contributed by atoms with Gasteiger partial charge in [0.2, 0.25) is 5.91 Å². The molecule has 1 atom stereocenters. The van der Waals surface area contributed by atoms with E-state index < -0.39 is 4.92 Å². The molecular formula is C22H27N3O5. The number of amides is 1. The van der Waals surface area contributed by atoms with Crippen molar-refractivity contribution in [3.05, 3.63) is 58.1 Å². The van der Waals surface area contributed by atoms with E-state index >= 15 is 0 Å². The van der Waals surface area contributed by atoms with Crippen LogP contribution >= 0.6 is 0 Å². The van der Waals surface area contributed by atoms with Gasteiger partial charge in [-0.1, -0.05) is 25.0 Å². The van der Waals surface area contributed by atoms with Crippen LogP contribution in [0.1, 0.15) is 37.3 Å². The first-order valence-corrected chi connectivity index (χ1v) is 10.0. The molecule has 160 valence electrons. The van der Waals surface area contributed by atoms with Crippen molar-refractivity contribution in [1.29, 1.82) is 0 Å². The molecule has 1 heterocycles. The Balaban J connectivity index is 1.73. The molecule has 1 aliphatic heterocycles. The molecule has 2 aromatic carbocycles. The van der Waals surface area contributed by atoms with Gasteiger partial charge in [0.25, 0.3) is 5.69 Å². The summed E-state index contributed by atoms with van der Waals surface area (Å²) in [5, 5.41) is 13.8. The van der Waals surface area contributed by atoms with Gasteiger partial charge >= 0.3 is 0 Å². The molecule has 8 nitrogen and oxygen atoms in total. The molecule has 0 spiro atoms. The zero-order valence-corrected chi connectivity index (χ0v) is 17.3. The van der Waals surface area contributed by atoms with Crippen molar-refractivity contribution in [2.75, 3.05) is 32.6 Å². The van der Waals surface area contributed by atoms with Gasteiger partial charge in [0.15, 0.2) is 0 Å². The second kappa shape index (κ2) is 10.1. The lowest BCUT2D eigenvalue weighted by Gasteiger charge is -2.30. The smallest absolute Gasteiger partial charge is 0.273 e. The van der Waals surface area contributed by atoms with E-state index in [1.54, 1.807) is 7.11 Å². The first kappa shape index (κ1) is 21.6. The van der Waals surface area contributed by atoms with Gasteiger partial charge in [0.1, 0.15) is 11.5 Å². The number of hydrogen-bond donors (Lipinski definition) is 1. The van der Waals surface area contributed by atoms with E-state index in [2.05, 4.69) is 22.3 Å². The number of nitro groups is 1. The predicted octanol–water partition coefficient (Wildman–Crippen LogP) is 4.17. The number of rotatable bonds is 7. The van der Waals surface area contributed by atoms with Crippen LogP contribution < -0.4 is 14.8 Å². The normalized spacial score (nSPS) is 17.1. The second-order valence-electron chi connectivity index (χ2n) is 7.30. The van der Waals surface area contributed by atoms with E-state index in [1.165, 1.54) is 30.9 Å². The molecule has 2 aromatic rings. The van der Waals surface area contributed by atoms with Crippen LogP contribution in [0.25, 0.3) is 0 Å². The number of nitrogens with one attached hydrogen (secondary N) is 1. The number of ether oxygens (including phenoxy) is 2. The number of benzene rings is 2. The fourth-order valence-electron chi connectivity index (χ4n) is 3.83. The monoisotopic (exact) mass is 413 g/mol. The quantitative estimate of drug-likeness (QED) is 0.541. The highest BCUT2D eigenvalue weighted by Gasteiger charge is 2.25. The summed E-state index contributed by atoms with van der Waals surface area (Å²) in [4.78, 5) is 25.5. The third-order valence-corrected chi connectivity index (χ3v) is 5.38. The van der Waals surface area contributed by atoms with Crippen molar-refractivity contribution in [3.63, 3.8) is 0 Å². The van der Waals surface area contributed by atoms with E-state index in [0.717, 1.165) is 38.0 Å². The van der Waals surface area contributed by atoms with Crippen molar-refractivity contribution in [2.24, 2.45) is 0 Å². The third-order valence-electron chi connectivity index (χ3n) is 5.38. The zero-order chi connectivity index (χ0) is 21.5. The average Bonchev–Trinajstić information content (AvgIpc) is 2.99. The van der Waals surface area contributed by atoms with Crippen LogP contribution in [0.4, 0.5) is 11.4 Å². The van der Waals surface area contributed by atoms with Crippen LogP contribution in [0.2, 0.25) is 0 Å². The number of methoxy groups -OCH3 is 2. The highest BCUT2D eigenvalue weighted by Crippen LogP contribution is 2.32. The molecule has 30 heavy (non-hydrogen) atoms. The molecule has 0 radical (unpaired) electrons. The molecular weight excluding hydrogens is 386 g/mol. The first-order chi connectivity index (χ1) is 14.5. The van der Waals surface area contributed by atoms with Gasteiger partial charge in [-0.2, -0.15) is 0 Å². The Hall–Kier alpha value is -3.13. The minimum Gasteiger partial charge on any atom is -0.497 e. The van der Waals surface area contributed by atoms with Gasteiger partial charge < -0.3 is 14.8 Å². The topological polar surface area (TPSA) is 93.9 Å². The summed E-state index contributed by atoms with van der Waals surface area (Å²) in [6.45, 7) is 1.07. The lowest BCUT2D eigenvalue weighted by atomic mass is 10.0. The Morgan fingerprint density at radius 3 is 2.57 bits per heavy atom. The standard InChI is InChI=1S/C22H27N3O5/c1-29-18-10-7-16(8-11-18)20-6-4-3-5-13-24(20)15-22(26)23-19-12-9-17(25(27)28)14-21(19)30-2/h7-12,14,20H,3-6,13,15H2,1-2H3,(H,23,26). The summed E-state index contributed by atoms with van der Waals surface area (Å²) >= 11 is 0. The molecule has 8 heteroatoms. The van der Waals surface area contributed by atoms with Crippen LogP contribution in [0.15, 0.2) is 42.5 Å². The Bertz CT molecular complexity index is 885. The van der Waals surface area contributed by atoms with Crippen LogP contribution in [0, 0.1) is 10.1 Å². The number of hydrogen-bond acceptors (Lipinski definition) is 6. The van der Waals surface area contributed by atoms with Crippen molar-refractivity contribution in [3.8, 4) is 11.5 Å². The van der Waals surface area contributed by atoms with Gasteiger partial charge in [-0.15, -0.1) is 0 Å². The summed E-state index contributed by atoms with van der Waals surface area (Å²) in [6, 6.07) is 12.3. The minimum atomic E-state index is -0.495. The van der Waals surface area contributed by atoms with Gasteiger partial charge in [-0.05, 0) is 43.1 Å². The number of nitro benzene ring substituents is 1. The largest absolute Gasteiger partial charge is 0.497 e. The Kier molecular flexibility index (Phi) is 7.24. The van der Waals surface area contributed by atoms with Crippen LogP contribution in [0.3, 0.4) is 0 Å². The Labute approximate surface area is 175 Å². The zero-order valence-electron chi connectivity index (χ0n) is 17.3. The van der Waals surface area contributed by atoms with Crippen molar-refractivity contribution < 1.29 is 19.2 Å². The number of nitrogens with zero attached hydrogens (tertiary/aromatic N) is 2. The van der Waals surface area contributed by atoms with Gasteiger partial charge in [0.05, 0.1) is 37.4 Å². The fraction of sp³-hybridized carbons (Fsp3) is 0.409. The number of carbonyl (C=O) groups is 1. The highest BCUT2D eigenvalue weighted by molar-refractivity contribution is 5.94. The van der Waals surface area contributed by atoms with Gasteiger partial charge in [-0.25, -0.2) is 0 Å². The lowest BCUT2D eigenvalue weighted by molar-refractivity contribution is -0.384. The maximum absolute atomic E-state index is 12.8. The van der Waals surface area contributed by atoms with E-state index in [0.29, 0.717) is 5.69 Å². The Morgan fingerprint density at radius 2 is 1.90 bits per heavy atom. The van der Waals surface area contributed by atoms with Gasteiger partial charge in [0, 0.05) is 12.1 Å². The lowest BCUT2D eigenvalue weighted by Crippen LogP contribution is -2.36. The minimum absolute atomic E-state index is 0.0862. The van der Waals surface area contributed by atoms with Gasteiger partial charge in [-0.3, -0.25) is 19.8 Å². The van der Waals surface area contributed by atoms with Crippen LogP contribution in [-0.2, 0) is 4.79 Å². The molecule has 0 aromatic heterocycles. The van der Waals surface area contributed by atoms with Crippen LogP contribution in [-0.4, -0.2) is 43.0 Å². The summed E-state index contributed by atoms with van der Waals surface area (Å²) in [5.74, 6) is 0.893. The molecule has 1 amide bonds. The third kappa shape index (κ3) is 5.27. The molecule has 1 unspecified atom stereocenters. The second-order valence-corrected chi connectivity index (χ2v) is 7.30. The number of anilines is 1. The van der Waals surface area contributed by atoms with Crippen LogP contribution in [0.5, 0.6) is 11.5 Å². The summed E-state index contributed by atoms with van der Waals surface area (Å²) in [6.07, 6.45) is 4.28. The number of non-ortho nitro benzene ring substituents is 1. The number of carbonyl (C=O) groups excluding carboxylic acids is 1. The van der Waals surface area contributed by atoms with E-state index in [1.807, 2.05) is 12.1 Å². The molecule has 1 fully saturated rings. The van der Waals surface area contributed by atoms with E-state index in [9.17, 15) is 14.9 Å². The predicted molar refractivity (Wildman–Crippen MR) is 114 cm³/mol. The number of likely N-dealkylation sites (tertiary alicyclic amines) is 1. The molecule has 0 saturated carbocycles. The molecule has 0 aliphatic carbocycles. The molecule has 1 N–H and O–H groups in total. The summed E-state index contributed by atoms with van der Waals surface area (Å²) in [5.41, 5.74) is 1.50. The maximum Gasteiger partial charge on any atom is 0.273 e. The molecule has 1 aliphatic rings. The summed E-state index contributed by atoms with van der Waals surface area (Å²) < 4.78 is 10.5. The fourth-order valence-corrected chi connectivity index (χ4v) is 3.83. The van der Waals surface area contributed by atoms with E-state index in [-0.39, 0.29) is 29.9 Å². The summed E-state index contributed by atoms with van der Waals surface area (Å²) in [7, 11) is 3.06. The van der Waals surface area contributed by atoms with Crippen molar-refractivity contribution in [1.82, 2.24) is 4.90 Å². The Morgan fingerprint density at radius 1 is 1.13 bits per heavy atom. The maximum atomic E-state index is 12.8. The molecule has 0 bridgehead atoms. The highest BCUT2D eigenvalue weighted by atomic mass is 16.6. The molecule has 3 rings (SSSR count). The SMILES string of the molecule is COc1ccc(C2CCCCCN2CC(=O)Nc2ccc([N+](=O)[O-])cc2OC)cc1. The van der Waals surface area contributed by atoms with Crippen molar-refractivity contribution >= 4 is 17.3 Å². The van der Waals surface area contributed by atoms with E-state index in [4.69, 9.17) is 9.47 Å². The van der Waals surface area contributed by atoms with Crippen molar-refractivity contribution in [2.45, 2.75) is 31.7 Å². The average molecular weight is 413 g/mol. The molecule has 1 saturated heterocycles. The first-order valence-electron chi connectivity index (χ1n) is 10.0.